The normalized spacial score (nSPS) is 11.7. The summed E-state index contributed by atoms with van der Waals surface area (Å²) in [5.74, 6) is 0.561. The molecule has 0 radical (unpaired) electrons. The van der Waals surface area contributed by atoms with Crippen molar-refractivity contribution in [3.05, 3.63) is 35.4 Å². The Hall–Kier alpha value is -3.33. The lowest BCUT2D eigenvalue weighted by Crippen LogP contribution is -2.32. The minimum Gasteiger partial charge on any atom is -0.490 e. The first-order valence-corrected chi connectivity index (χ1v) is 11.4. The van der Waals surface area contributed by atoms with Crippen molar-refractivity contribution in [3.63, 3.8) is 0 Å². The highest BCUT2D eigenvalue weighted by atomic mass is 35.5. The van der Waals surface area contributed by atoms with Gasteiger partial charge in [-0.2, -0.15) is 10.2 Å². The van der Waals surface area contributed by atoms with Gasteiger partial charge in [-0.05, 0) is 46.8 Å². The van der Waals surface area contributed by atoms with Crippen molar-refractivity contribution in [2.75, 3.05) is 31.7 Å². The maximum absolute atomic E-state index is 12.9. The number of nitrogens with zero attached hydrogens (tertiary/aromatic N) is 2. The predicted octanol–water partition coefficient (Wildman–Crippen LogP) is 5.61. The van der Waals surface area contributed by atoms with Gasteiger partial charge in [-0.25, -0.2) is 0 Å². The summed E-state index contributed by atoms with van der Waals surface area (Å²) in [5.41, 5.74) is 0.595. The molecule has 1 N–H and O–H groups in total. The summed E-state index contributed by atoms with van der Waals surface area (Å²) in [7, 11) is 0. The third-order valence-corrected chi connectivity index (χ3v) is 4.66. The number of para-hydroxylation sites is 1. The highest BCUT2D eigenvalue weighted by Gasteiger charge is 2.25. The van der Waals surface area contributed by atoms with E-state index in [0.717, 1.165) is 0 Å². The number of carbonyl (C=O) groups excluding carboxylic acids is 2. The Morgan fingerprint density at radius 1 is 0.912 bits per heavy atom. The molecule has 0 saturated carbocycles. The molecule has 0 heterocycles. The van der Waals surface area contributed by atoms with Crippen LogP contribution in [0, 0.1) is 0 Å². The molecule has 9 nitrogen and oxygen atoms in total. The Morgan fingerprint density at radius 2 is 1.50 bits per heavy atom. The van der Waals surface area contributed by atoms with Gasteiger partial charge in [-0.3, -0.25) is 9.59 Å². The van der Waals surface area contributed by atoms with Crippen LogP contribution in [-0.4, -0.2) is 44.2 Å². The van der Waals surface area contributed by atoms with E-state index in [9.17, 15) is 9.59 Å². The van der Waals surface area contributed by atoms with E-state index < -0.39 is 17.7 Å². The van der Waals surface area contributed by atoms with E-state index in [4.69, 9.17) is 30.5 Å². The largest absolute Gasteiger partial charge is 0.490 e. The fourth-order valence-electron chi connectivity index (χ4n) is 2.95. The maximum Gasteiger partial charge on any atom is 0.258 e. The number of hydrogen-bond donors (Lipinski definition) is 1. The minimum absolute atomic E-state index is 0.225. The third kappa shape index (κ3) is 7.08. The fraction of sp³-hybridized carbons (Fsp3) is 0.417. The van der Waals surface area contributed by atoms with Crippen molar-refractivity contribution in [3.8, 4) is 23.0 Å². The number of anilines is 1. The zero-order valence-corrected chi connectivity index (χ0v) is 20.8. The van der Waals surface area contributed by atoms with Crippen LogP contribution in [0.1, 0.15) is 34.6 Å². The molecule has 1 amide bonds. The van der Waals surface area contributed by atoms with Crippen LogP contribution in [0.15, 0.2) is 40.6 Å². The number of ketones is 1. The van der Waals surface area contributed by atoms with Crippen LogP contribution in [0.2, 0.25) is 5.02 Å². The van der Waals surface area contributed by atoms with Crippen LogP contribution in [0.4, 0.5) is 11.4 Å². The van der Waals surface area contributed by atoms with E-state index in [1.54, 1.807) is 30.3 Å². The smallest absolute Gasteiger partial charge is 0.258 e. The lowest BCUT2D eigenvalue weighted by atomic mass is 10.2. The van der Waals surface area contributed by atoms with Crippen LogP contribution in [0.5, 0.6) is 23.0 Å². The van der Waals surface area contributed by atoms with Crippen molar-refractivity contribution in [2.45, 2.75) is 40.7 Å². The summed E-state index contributed by atoms with van der Waals surface area (Å²) in [5, 5.41) is 11.0. The Labute approximate surface area is 204 Å². The molecule has 1 atom stereocenters. The second-order valence-corrected chi connectivity index (χ2v) is 7.24. The van der Waals surface area contributed by atoms with Gasteiger partial charge in [0.2, 0.25) is 6.04 Å². The zero-order chi connectivity index (χ0) is 25.1. The minimum atomic E-state index is -1.40. The van der Waals surface area contributed by atoms with E-state index >= 15 is 0 Å². The second-order valence-electron chi connectivity index (χ2n) is 6.83. The summed E-state index contributed by atoms with van der Waals surface area (Å²) in [6.07, 6.45) is 0. The zero-order valence-electron chi connectivity index (χ0n) is 20.0. The predicted molar refractivity (Wildman–Crippen MR) is 130 cm³/mol. The highest BCUT2D eigenvalue weighted by Crippen LogP contribution is 2.38. The van der Waals surface area contributed by atoms with Gasteiger partial charge >= 0.3 is 0 Å². The molecule has 1 unspecified atom stereocenters. The van der Waals surface area contributed by atoms with E-state index in [1.807, 2.05) is 27.7 Å². The highest BCUT2D eigenvalue weighted by molar-refractivity contribution is 6.34. The van der Waals surface area contributed by atoms with Crippen LogP contribution in [-0.2, 0) is 9.59 Å². The van der Waals surface area contributed by atoms with Gasteiger partial charge in [0, 0.05) is 12.1 Å². The molecule has 34 heavy (non-hydrogen) atoms. The summed E-state index contributed by atoms with van der Waals surface area (Å²) in [6.45, 7) is 10.2. The molecule has 2 aromatic carbocycles. The summed E-state index contributed by atoms with van der Waals surface area (Å²) in [6, 6.07) is 6.81. The van der Waals surface area contributed by atoms with Crippen LogP contribution < -0.4 is 24.3 Å². The van der Waals surface area contributed by atoms with Crippen LogP contribution >= 0.6 is 11.6 Å². The number of ether oxygens (including phenoxy) is 4. The Bertz CT molecular complexity index is 1030. The number of Topliss-reactive ketones (excluding diaryl/α,β-unsaturated/α-hetero) is 1. The molecule has 0 aromatic heterocycles. The Morgan fingerprint density at radius 3 is 2.09 bits per heavy atom. The van der Waals surface area contributed by atoms with E-state index in [2.05, 4.69) is 15.5 Å². The number of carbonyl (C=O) groups is 2. The summed E-state index contributed by atoms with van der Waals surface area (Å²) in [4.78, 5) is 25.1. The van der Waals surface area contributed by atoms with Gasteiger partial charge in [0.1, 0.15) is 5.69 Å². The molecule has 184 valence electrons. The van der Waals surface area contributed by atoms with Gasteiger partial charge in [0.05, 0.1) is 37.1 Å². The lowest BCUT2D eigenvalue weighted by molar-refractivity contribution is -0.126. The first-order chi connectivity index (χ1) is 16.4. The van der Waals surface area contributed by atoms with Crippen molar-refractivity contribution in [1.29, 1.82) is 0 Å². The van der Waals surface area contributed by atoms with E-state index in [0.29, 0.717) is 55.1 Å². The van der Waals surface area contributed by atoms with Crippen molar-refractivity contribution in [1.82, 2.24) is 0 Å². The molecule has 0 saturated heterocycles. The first kappa shape index (κ1) is 26.9. The molecular weight excluding hydrogens is 462 g/mol. The van der Waals surface area contributed by atoms with Crippen molar-refractivity contribution < 1.29 is 28.5 Å². The molecule has 0 aliphatic heterocycles. The summed E-state index contributed by atoms with van der Waals surface area (Å²) >= 11 is 6.32. The van der Waals surface area contributed by atoms with E-state index in [-0.39, 0.29) is 10.7 Å². The molecule has 0 fully saturated rings. The SMILES string of the molecule is CCOc1cc(Cl)c(NC(=O)C(N=Nc2cccc(OCC)c2OCC)C(C)=O)cc1OCC. The Kier molecular flexibility index (Phi) is 10.6. The number of azo groups is 1. The van der Waals surface area contributed by atoms with Gasteiger partial charge < -0.3 is 24.3 Å². The molecule has 10 heteroatoms. The van der Waals surface area contributed by atoms with Gasteiger partial charge in [0.25, 0.3) is 5.91 Å². The van der Waals surface area contributed by atoms with E-state index in [1.165, 1.54) is 6.92 Å². The van der Waals surface area contributed by atoms with Gasteiger partial charge in [-0.15, -0.1) is 0 Å². The van der Waals surface area contributed by atoms with Crippen molar-refractivity contribution >= 4 is 34.7 Å². The number of hydrogen-bond acceptors (Lipinski definition) is 8. The number of benzene rings is 2. The molecular formula is C24H30ClN3O6. The number of amides is 1. The van der Waals surface area contributed by atoms with Crippen molar-refractivity contribution in [2.24, 2.45) is 10.2 Å². The molecule has 2 rings (SSSR count). The quantitative estimate of drug-likeness (QED) is 0.288. The third-order valence-electron chi connectivity index (χ3n) is 4.35. The maximum atomic E-state index is 12.9. The molecule has 2 aromatic rings. The molecule has 0 aliphatic rings. The monoisotopic (exact) mass is 491 g/mol. The number of halogens is 1. The fourth-order valence-corrected chi connectivity index (χ4v) is 3.15. The lowest BCUT2D eigenvalue weighted by Gasteiger charge is -2.16. The van der Waals surface area contributed by atoms with Gasteiger partial charge in [0.15, 0.2) is 28.8 Å². The summed E-state index contributed by atoms with van der Waals surface area (Å²) < 4.78 is 22.3. The van der Waals surface area contributed by atoms with Crippen LogP contribution in [0.3, 0.4) is 0 Å². The number of nitrogens with one attached hydrogen (secondary N) is 1. The molecule has 0 spiro atoms. The average molecular weight is 492 g/mol. The Balaban J connectivity index is 2.32. The topological polar surface area (TPSA) is 108 Å². The second kappa shape index (κ2) is 13.4. The number of rotatable bonds is 13. The standard InChI is InChI=1S/C24H30ClN3O6/c1-6-31-19-12-10-11-17(23(19)34-9-4)27-28-22(15(5)29)24(30)26-18-14-21(33-8-3)20(32-7-2)13-16(18)25/h10-14,22H,6-9H2,1-5H3,(H,26,30). The first-order valence-electron chi connectivity index (χ1n) is 11.1. The van der Waals surface area contributed by atoms with Gasteiger partial charge in [-0.1, -0.05) is 17.7 Å². The average Bonchev–Trinajstić information content (AvgIpc) is 2.79. The van der Waals surface area contributed by atoms with Crippen LogP contribution in [0.25, 0.3) is 0 Å². The molecule has 0 bridgehead atoms. The molecule has 0 aliphatic carbocycles.